The van der Waals surface area contributed by atoms with Crippen molar-refractivity contribution >= 4 is 28.4 Å². The van der Waals surface area contributed by atoms with E-state index in [9.17, 15) is 9.90 Å². The zero-order valence-electron chi connectivity index (χ0n) is 15.2. The Balaban J connectivity index is 1.89. The molecule has 2 aromatic carbocycles. The van der Waals surface area contributed by atoms with Crippen molar-refractivity contribution < 1.29 is 9.90 Å². The van der Waals surface area contributed by atoms with Crippen LogP contribution in [0.1, 0.15) is 22.8 Å². The molecule has 140 valence electrons. The van der Waals surface area contributed by atoms with E-state index < -0.39 is 5.91 Å². The number of rotatable bonds is 5. The predicted molar refractivity (Wildman–Crippen MR) is 109 cm³/mol. The third kappa shape index (κ3) is 3.14. The highest BCUT2D eigenvalue weighted by Crippen LogP contribution is 2.31. The molecule has 0 fully saturated rings. The lowest BCUT2D eigenvalue weighted by Crippen LogP contribution is -2.14. The fourth-order valence-corrected chi connectivity index (χ4v) is 3.15. The molecule has 4 aromatic rings. The topological polar surface area (TPSA) is 117 Å². The van der Waals surface area contributed by atoms with Crippen LogP contribution in [-0.4, -0.2) is 26.0 Å². The van der Waals surface area contributed by atoms with Gasteiger partial charge in [-0.25, -0.2) is 9.97 Å². The minimum absolute atomic E-state index is 0.138. The number of H-pyrrole nitrogens is 1. The maximum absolute atomic E-state index is 12.0. The third-order valence-corrected chi connectivity index (χ3v) is 4.56. The molecule has 0 saturated carbocycles. The van der Waals surface area contributed by atoms with Gasteiger partial charge in [-0.2, -0.15) is 0 Å². The molecule has 7 nitrogen and oxygen atoms in total. The zero-order valence-corrected chi connectivity index (χ0v) is 15.2. The smallest absolute Gasteiger partial charge is 0.252 e. The van der Waals surface area contributed by atoms with Gasteiger partial charge in [-0.3, -0.25) is 4.79 Å². The average molecular weight is 373 g/mol. The molecule has 0 radical (unpaired) electrons. The van der Waals surface area contributed by atoms with Gasteiger partial charge in [0.15, 0.2) is 5.65 Å². The Labute approximate surface area is 161 Å². The van der Waals surface area contributed by atoms with Crippen molar-refractivity contribution in [3.8, 4) is 17.1 Å². The van der Waals surface area contributed by atoms with E-state index in [0.717, 1.165) is 17.7 Å². The number of phenolic OH excluding ortho intramolecular Hbond substituents is 1. The Morgan fingerprint density at radius 1 is 1.21 bits per heavy atom. The van der Waals surface area contributed by atoms with Crippen LogP contribution < -0.4 is 11.1 Å². The van der Waals surface area contributed by atoms with Crippen LogP contribution in [-0.2, 0) is 6.42 Å². The monoisotopic (exact) mass is 373 g/mol. The Bertz CT molecular complexity index is 1180. The number of nitrogens with one attached hydrogen (secondary N) is 2. The van der Waals surface area contributed by atoms with E-state index >= 15 is 0 Å². The molecular formula is C21H19N5O2. The number of hydrogen-bond acceptors (Lipinski definition) is 5. The van der Waals surface area contributed by atoms with Gasteiger partial charge in [-0.1, -0.05) is 37.3 Å². The number of aryl methyl sites for hydroxylation is 1. The van der Waals surface area contributed by atoms with Crippen molar-refractivity contribution in [2.45, 2.75) is 13.3 Å². The number of carbonyl (C=O) groups excluding carboxylic acids is 1. The number of primary amides is 1. The highest BCUT2D eigenvalue weighted by Gasteiger charge is 2.18. The summed E-state index contributed by atoms with van der Waals surface area (Å²) in [6.45, 7) is 2.06. The summed E-state index contributed by atoms with van der Waals surface area (Å²) in [4.78, 5) is 24.0. The molecule has 0 unspecified atom stereocenters. The predicted octanol–water partition coefficient (Wildman–Crippen LogP) is 3.74. The van der Waals surface area contributed by atoms with Gasteiger partial charge in [0.25, 0.3) is 5.91 Å². The summed E-state index contributed by atoms with van der Waals surface area (Å²) in [6.07, 6.45) is 2.26. The van der Waals surface area contributed by atoms with Gasteiger partial charge in [0.05, 0.1) is 11.3 Å². The maximum atomic E-state index is 12.0. The summed E-state index contributed by atoms with van der Waals surface area (Å²) in [5.74, 6) is 0.0881. The molecule has 0 aliphatic rings. The Morgan fingerprint density at radius 3 is 2.79 bits per heavy atom. The average Bonchev–Trinajstić information content (AvgIpc) is 3.13. The highest BCUT2D eigenvalue weighted by molar-refractivity contribution is 6.06. The molecule has 0 aliphatic carbocycles. The van der Waals surface area contributed by atoms with E-state index in [1.165, 1.54) is 6.20 Å². The number of pyridine rings is 1. The molecule has 0 saturated heterocycles. The van der Waals surface area contributed by atoms with Crippen LogP contribution in [0.4, 0.5) is 11.4 Å². The van der Waals surface area contributed by atoms with E-state index in [-0.39, 0.29) is 11.3 Å². The number of carbonyl (C=O) groups is 1. The van der Waals surface area contributed by atoms with E-state index in [2.05, 4.69) is 27.2 Å². The second-order valence-corrected chi connectivity index (χ2v) is 6.38. The first-order chi connectivity index (χ1) is 13.6. The minimum atomic E-state index is -0.584. The van der Waals surface area contributed by atoms with E-state index in [1.54, 1.807) is 18.2 Å². The molecule has 28 heavy (non-hydrogen) atoms. The summed E-state index contributed by atoms with van der Waals surface area (Å²) in [5, 5.41) is 13.1. The number of imidazole rings is 1. The van der Waals surface area contributed by atoms with Crippen molar-refractivity contribution in [3.05, 3.63) is 65.9 Å². The number of nitrogens with two attached hydrogens (primary N) is 1. The fraction of sp³-hybridized carbons (Fsp3) is 0.0952. The first kappa shape index (κ1) is 17.5. The molecule has 7 heteroatoms. The number of amides is 1. The molecule has 4 rings (SSSR count). The number of phenols is 1. The van der Waals surface area contributed by atoms with Gasteiger partial charge in [-0.15, -0.1) is 0 Å². The number of aromatic nitrogens is 3. The molecular weight excluding hydrogens is 354 g/mol. The zero-order chi connectivity index (χ0) is 19.7. The number of aromatic hydroxyl groups is 1. The summed E-state index contributed by atoms with van der Waals surface area (Å²) >= 11 is 0. The maximum Gasteiger partial charge on any atom is 0.252 e. The SMILES string of the molecule is CCc1ccccc1Nc1c(C(N)=O)cnc2nc(-c3cccc(O)c3)[nH]c12. The molecule has 2 aromatic heterocycles. The molecule has 5 N–H and O–H groups in total. The number of fused-ring (bicyclic) bond motifs is 1. The van der Waals surface area contributed by atoms with Crippen molar-refractivity contribution in [2.24, 2.45) is 5.73 Å². The van der Waals surface area contributed by atoms with E-state index in [1.807, 2.05) is 30.3 Å². The van der Waals surface area contributed by atoms with Crippen LogP contribution >= 0.6 is 0 Å². The molecule has 0 bridgehead atoms. The number of aromatic amines is 1. The Morgan fingerprint density at radius 2 is 2.04 bits per heavy atom. The first-order valence-electron chi connectivity index (χ1n) is 8.89. The number of para-hydroxylation sites is 1. The summed E-state index contributed by atoms with van der Waals surface area (Å²) < 4.78 is 0. The van der Waals surface area contributed by atoms with Crippen LogP contribution in [0.3, 0.4) is 0 Å². The largest absolute Gasteiger partial charge is 0.508 e. The van der Waals surface area contributed by atoms with E-state index in [4.69, 9.17) is 5.73 Å². The summed E-state index contributed by atoms with van der Waals surface area (Å²) in [7, 11) is 0. The molecule has 1 amide bonds. The number of nitrogens with zero attached hydrogens (tertiary/aromatic N) is 2. The lowest BCUT2D eigenvalue weighted by atomic mass is 10.1. The Kier molecular flexibility index (Phi) is 4.41. The lowest BCUT2D eigenvalue weighted by Gasteiger charge is -2.13. The highest BCUT2D eigenvalue weighted by atomic mass is 16.3. The summed E-state index contributed by atoms with van der Waals surface area (Å²) in [6, 6.07) is 14.6. The van der Waals surface area contributed by atoms with Gasteiger partial charge >= 0.3 is 0 Å². The van der Waals surface area contributed by atoms with Gasteiger partial charge in [0, 0.05) is 17.4 Å². The fourth-order valence-electron chi connectivity index (χ4n) is 3.15. The molecule has 0 atom stereocenters. The second-order valence-electron chi connectivity index (χ2n) is 6.38. The van der Waals surface area contributed by atoms with Gasteiger partial charge in [0.1, 0.15) is 17.1 Å². The number of anilines is 2. The molecule has 0 spiro atoms. The second kappa shape index (κ2) is 7.03. The van der Waals surface area contributed by atoms with Gasteiger partial charge in [0.2, 0.25) is 0 Å². The quantitative estimate of drug-likeness (QED) is 0.425. The van der Waals surface area contributed by atoms with Crippen LogP contribution in [0.15, 0.2) is 54.7 Å². The number of benzene rings is 2. The van der Waals surface area contributed by atoms with E-state index in [0.29, 0.717) is 28.2 Å². The van der Waals surface area contributed by atoms with Crippen LogP contribution in [0.2, 0.25) is 0 Å². The first-order valence-corrected chi connectivity index (χ1v) is 8.89. The Hall–Kier alpha value is -3.87. The van der Waals surface area contributed by atoms with Crippen LogP contribution in [0.5, 0.6) is 5.75 Å². The van der Waals surface area contributed by atoms with Crippen molar-refractivity contribution in [3.63, 3.8) is 0 Å². The molecule has 2 heterocycles. The normalized spacial score (nSPS) is 10.9. The standard InChI is InChI=1S/C21H19N5O2/c1-2-12-6-3-4-9-16(12)24-17-15(19(22)28)11-23-21-18(17)25-20(26-21)13-7-5-8-14(27)10-13/h3-11,27H,2H2,1H3,(H2,22,28)(H2,23,24,25,26). The van der Waals surface area contributed by atoms with Crippen LogP contribution in [0.25, 0.3) is 22.6 Å². The van der Waals surface area contributed by atoms with Gasteiger partial charge in [-0.05, 0) is 30.2 Å². The van der Waals surface area contributed by atoms with Gasteiger partial charge < -0.3 is 21.1 Å². The van der Waals surface area contributed by atoms with Crippen molar-refractivity contribution in [1.82, 2.24) is 15.0 Å². The van der Waals surface area contributed by atoms with Crippen molar-refractivity contribution in [2.75, 3.05) is 5.32 Å². The van der Waals surface area contributed by atoms with Crippen LogP contribution in [0, 0.1) is 0 Å². The molecule has 0 aliphatic heterocycles. The number of hydrogen-bond donors (Lipinski definition) is 4. The minimum Gasteiger partial charge on any atom is -0.508 e. The summed E-state index contributed by atoms with van der Waals surface area (Å²) in [5.41, 5.74) is 10.1. The third-order valence-electron chi connectivity index (χ3n) is 4.56. The van der Waals surface area contributed by atoms with Crippen molar-refractivity contribution in [1.29, 1.82) is 0 Å². The lowest BCUT2D eigenvalue weighted by molar-refractivity contribution is 0.100.